The van der Waals surface area contributed by atoms with Crippen LogP contribution in [0.3, 0.4) is 0 Å². The Kier molecular flexibility index (Phi) is 3.72. The average molecular weight is 336 g/mol. The number of hydrazine groups is 1. The second-order valence-corrected chi connectivity index (χ2v) is 5.01. The molecular weight excluding hydrogens is 325 g/mol. The molecule has 3 heterocycles. The standard InChI is InChI=1S/C15H11F3N4O2/c16-15(17,18)12-8-14(24,11-2-1-5-20-9-11)22(21-12)13(23)10-3-6-19-7-4-10/h1-9,21,24H. The molecule has 0 aliphatic carbocycles. The molecular formula is C15H11F3N4O2. The van der Waals surface area contributed by atoms with Crippen LogP contribution in [0.15, 0.2) is 60.8 Å². The van der Waals surface area contributed by atoms with Gasteiger partial charge in [-0.3, -0.25) is 20.2 Å². The Hall–Kier alpha value is -2.94. The molecule has 0 aromatic carbocycles. The summed E-state index contributed by atoms with van der Waals surface area (Å²) in [4.78, 5) is 20.1. The number of pyridine rings is 2. The maximum absolute atomic E-state index is 13.1. The molecule has 2 N–H and O–H groups in total. The molecule has 1 aliphatic heterocycles. The molecule has 0 saturated carbocycles. The lowest BCUT2D eigenvalue weighted by molar-refractivity contribution is -0.104. The third kappa shape index (κ3) is 2.69. The molecule has 0 spiro atoms. The van der Waals surface area contributed by atoms with Gasteiger partial charge in [0.1, 0.15) is 5.70 Å². The zero-order valence-electron chi connectivity index (χ0n) is 12.0. The van der Waals surface area contributed by atoms with Gasteiger partial charge in [0, 0.05) is 42.0 Å². The van der Waals surface area contributed by atoms with Crippen LogP contribution in [0.1, 0.15) is 15.9 Å². The molecule has 0 saturated heterocycles. The minimum absolute atomic E-state index is 0.0131. The van der Waals surface area contributed by atoms with E-state index in [-0.39, 0.29) is 11.1 Å². The van der Waals surface area contributed by atoms with E-state index in [1.807, 2.05) is 5.43 Å². The first-order valence-electron chi connectivity index (χ1n) is 6.76. The Morgan fingerprint density at radius 2 is 1.88 bits per heavy atom. The van der Waals surface area contributed by atoms with Crippen LogP contribution in [-0.4, -0.2) is 32.2 Å². The number of alkyl halides is 3. The van der Waals surface area contributed by atoms with Crippen molar-refractivity contribution in [3.05, 3.63) is 72.0 Å². The molecule has 0 fully saturated rings. The number of nitrogens with zero attached hydrogens (tertiary/aromatic N) is 3. The van der Waals surface area contributed by atoms with Crippen LogP contribution in [0.2, 0.25) is 0 Å². The minimum Gasteiger partial charge on any atom is -0.362 e. The van der Waals surface area contributed by atoms with Crippen molar-refractivity contribution in [3.63, 3.8) is 0 Å². The van der Waals surface area contributed by atoms with Crippen LogP contribution in [0, 0.1) is 0 Å². The van der Waals surface area contributed by atoms with Gasteiger partial charge in [-0.2, -0.15) is 13.2 Å². The molecule has 3 rings (SSSR count). The summed E-state index contributed by atoms with van der Waals surface area (Å²) in [7, 11) is 0. The normalized spacial score (nSPS) is 20.5. The predicted molar refractivity (Wildman–Crippen MR) is 75.8 cm³/mol. The zero-order chi connectivity index (χ0) is 17.4. The summed E-state index contributed by atoms with van der Waals surface area (Å²) >= 11 is 0. The Morgan fingerprint density at radius 3 is 2.46 bits per heavy atom. The van der Waals surface area contributed by atoms with E-state index in [9.17, 15) is 23.1 Å². The summed E-state index contributed by atoms with van der Waals surface area (Å²) in [5, 5.41) is 11.3. The van der Waals surface area contributed by atoms with Gasteiger partial charge in [-0.15, -0.1) is 0 Å². The first-order valence-corrected chi connectivity index (χ1v) is 6.76. The Morgan fingerprint density at radius 1 is 1.17 bits per heavy atom. The molecule has 1 unspecified atom stereocenters. The highest BCUT2D eigenvalue weighted by Crippen LogP contribution is 2.38. The number of rotatable bonds is 2. The van der Waals surface area contributed by atoms with E-state index in [0.717, 1.165) is 0 Å². The quantitative estimate of drug-likeness (QED) is 0.873. The summed E-state index contributed by atoms with van der Waals surface area (Å²) < 4.78 is 39.2. The third-order valence-corrected chi connectivity index (χ3v) is 3.44. The minimum atomic E-state index is -4.76. The lowest BCUT2D eigenvalue weighted by Crippen LogP contribution is -2.51. The van der Waals surface area contributed by atoms with Crippen molar-refractivity contribution in [2.24, 2.45) is 0 Å². The molecule has 2 aromatic heterocycles. The molecule has 0 radical (unpaired) electrons. The number of carbonyl (C=O) groups excluding carboxylic acids is 1. The smallest absolute Gasteiger partial charge is 0.362 e. The van der Waals surface area contributed by atoms with Gasteiger partial charge in [-0.05, 0) is 18.2 Å². The summed E-state index contributed by atoms with van der Waals surface area (Å²) in [6.45, 7) is 0. The maximum Gasteiger partial charge on any atom is 0.432 e. The monoisotopic (exact) mass is 336 g/mol. The maximum atomic E-state index is 13.1. The van der Waals surface area contributed by atoms with Crippen molar-refractivity contribution in [1.29, 1.82) is 0 Å². The summed E-state index contributed by atoms with van der Waals surface area (Å²) in [6, 6.07) is 5.48. The molecule has 2 aromatic rings. The molecule has 1 atom stereocenters. The van der Waals surface area contributed by atoms with Crippen molar-refractivity contribution >= 4 is 5.91 Å². The Labute approximate surface area is 134 Å². The summed E-state index contributed by atoms with van der Waals surface area (Å²) in [5.74, 6) is -0.848. The number of halogens is 3. The Balaban J connectivity index is 2.07. The second kappa shape index (κ2) is 5.60. The number of allylic oxidation sites excluding steroid dienone is 1. The highest BCUT2D eigenvalue weighted by Gasteiger charge is 2.50. The van der Waals surface area contributed by atoms with Crippen LogP contribution >= 0.6 is 0 Å². The lowest BCUT2D eigenvalue weighted by atomic mass is 10.0. The first-order chi connectivity index (χ1) is 11.3. The van der Waals surface area contributed by atoms with Gasteiger partial charge < -0.3 is 5.11 Å². The van der Waals surface area contributed by atoms with Crippen molar-refractivity contribution in [2.45, 2.75) is 11.9 Å². The van der Waals surface area contributed by atoms with Crippen LogP contribution in [0.4, 0.5) is 13.2 Å². The third-order valence-electron chi connectivity index (χ3n) is 3.44. The van der Waals surface area contributed by atoms with Gasteiger partial charge in [-0.1, -0.05) is 6.07 Å². The fraction of sp³-hybridized carbons (Fsp3) is 0.133. The molecule has 0 bridgehead atoms. The summed E-state index contributed by atoms with van der Waals surface area (Å²) in [5.41, 5.74) is -1.55. The van der Waals surface area contributed by atoms with Crippen molar-refractivity contribution in [2.75, 3.05) is 0 Å². The molecule has 1 aliphatic rings. The number of carbonyl (C=O) groups is 1. The van der Waals surface area contributed by atoms with E-state index in [4.69, 9.17) is 0 Å². The van der Waals surface area contributed by atoms with Crippen molar-refractivity contribution in [1.82, 2.24) is 20.4 Å². The zero-order valence-corrected chi connectivity index (χ0v) is 12.0. The van der Waals surface area contributed by atoms with Gasteiger partial charge in [0.15, 0.2) is 0 Å². The van der Waals surface area contributed by atoms with E-state index in [1.165, 1.54) is 49.1 Å². The highest BCUT2D eigenvalue weighted by molar-refractivity contribution is 5.94. The van der Waals surface area contributed by atoms with E-state index in [1.54, 1.807) is 0 Å². The molecule has 1 amide bonds. The van der Waals surface area contributed by atoms with Crippen molar-refractivity contribution < 1.29 is 23.1 Å². The molecule has 124 valence electrons. The average Bonchev–Trinajstić information content (AvgIpc) is 2.95. The van der Waals surface area contributed by atoms with E-state index in [2.05, 4.69) is 9.97 Å². The van der Waals surface area contributed by atoms with Crippen LogP contribution in [-0.2, 0) is 5.72 Å². The van der Waals surface area contributed by atoms with E-state index >= 15 is 0 Å². The van der Waals surface area contributed by atoms with E-state index < -0.39 is 23.5 Å². The Bertz CT molecular complexity index is 780. The van der Waals surface area contributed by atoms with Gasteiger partial charge in [0.25, 0.3) is 5.91 Å². The highest BCUT2D eigenvalue weighted by atomic mass is 19.4. The van der Waals surface area contributed by atoms with Gasteiger partial charge in [0.05, 0.1) is 0 Å². The molecule has 9 heteroatoms. The van der Waals surface area contributed by atoms with Crippen LogP contribution < -0.4 is 5.43 Å². The van der Waals surface area contributed by atoms with Gasteiger partial charge in [-0.25, -0.2) is 5.01 Å². The lowest BCUT2D eigenvalue weighted by Gasteiger charge is -2.32. The predicted octanol–water partition coefficient (Wildman–Crippen LogP) is 1.73. The number of aliphatic hydroxyl groups is 1. The fourth-order valence-corrected chi connectivity index (χ4v) is 2.27. The van der Waals surface area contributed by atoms with Gasteiger partial charge >= 0.3 is 6.18 Å². The van der Waals surface area contributed by atoms with E-state index in [0.29, 0.717) is 11.1 Å². The topological polar surface area (TPSA) is 78.4 Å². The summed E-state index contributed by atoms with van der Waals surface area (Å²) in [6.07, 6.45) is 1.02. The number of hydrogen-bond donors (Lipinski definition) is 2. The number of hydrogen-bond acceptors (Lipinski definition) is 5. The van der Waals surface area contributed by atoms with Crippen LogP contribution in [0.25, 0.3) is 0 Å². The molecule has 24 heavy (non-hydrogen) atoms. The first kappa shape index (κ1) is 15.9. The fourth-order valence-electron chi connectivity index (χ4n) is 2.27. The SMILES string of the molecule is O=C(c1ccncc1)N1NC(C(F)(F)F)=CC1(O)c1cccnc1. The second-order valence-electron chi connectivity index (χ2n) is 5.01. The number of aromatic nitrogens is 2. The number of nitrogens with one attached hydrogen (secondary N) is 1. The number of amides is 1. The largest absolute Gasteiger partial charge is 0.432 e. The molecule has 6 nitrogen and oxygen atoms in total. The van der Waals surface area contributed by atoms with Crippen molar-refractivity contribution in [3.8, 4) is 0 Å². The van der Waals surface area contributed by atoms with Gasteiger partial charge in [0.2, 0.25) is 5.72 Å². The van der Waals surface area contributed by atoms with Crippen LogP contribution in [0.5, 0.6) is 0 Å².